The molecule has 160 valence electrons. The quantitative estimate of drug-likeness (QED) is 0.387. The van der Waals surface area contributed by atoms with Crippen molar-refractivity contribution in [1.29, 1.82) is 0 Å². The lowest BCUT2D eigenvalue weighted by atomic mass is 9.97. The van der Waals surface area contributed by atoms with Crippen molar-refractivity contribution in [3.05, 3.63) is 60.2 Å². The molecule has 1 saturated heterocycles. The minimum Gasteiger partial charge on any atom is -0.314 e. The molecule has 0 radical (unpaired) electrons. The molecule has 0 spiro atoms. The van der Waals surface area contributed by atoms with E-state index in [1.165, 1.54) is 27.1 Å². The number of nitrogens with zero attached hydrogens (tertiary/aromatic N) is 1. The van der Waals surface area contributed by atoms with Gasteiger partial charge in [0.2, 0.25) is 0 Å². The average Bonchev–Trinajstić information content (AvgIpc) is 2.77. The summed E-state index contributed by atoms with van der Waals surface area (Å²) in [5, 5.41) is 19.6. The normalized spacial score (nSPS) is 17.6. The van der Waals surface area contributed by atoms with Crippen LogP contribution >= 0.6 is 0 Å². The van der Waals surface area contributed by atoms with Crippen molar-refractivity contribution < 1.29 is 0 Å². The number of hydrogen-bond acceptors (Lipinski definition) is 5. The summed E-state index contributed by atoms with van der Waals surface area (Å²) < 4.78 is 0. The Hall–Kier alpha value is -2.02. The van der Waals surface area contributed by atoms with Crippen LogP contribution in [0.5, 0.6) is 0 Å². The SMILES string of the molecule is c1ccc2c(CNCCN3CCNCCNCCNCC3)c3ccccc3cc2c1. The van der Waals surface area contributed by atoms with Crippen molar-refractivity contribution in [3.8, 4) is 0 Å². The fourth-order valence-electron chi connectivity index (χ4n) is 4.29. The van der Waals surface area contributed by atoms with E-state index in [1.807, 2.05) is 0 Å². The van der Waals surface area contributed by atoms with Crippen LogP contribution in [0, 0.1) is 0 Å². The maximum Gasteiger partial charge on any atom is 0.0218 e. The molecule has 5 heteroatoms. The predicted octanol–water partition coefficient (Wildman–Crippen LogP) is 2.17. The van der Waals surface area contributed by atoms with E-state index in [1.54, 1.807) is 0 Å². The van der Waals surface area contributed by atoms with Gasteiger partial charge in [-0.3, -0.25) is 4.90 Å². The van der Waals surface area contributed by atoms with Crippen LogP contribution in [0.25, 0.3) is 21.5 Å². The van der Waals surface area contributed by atoms with E-state index in [4.69, 9.17) is 0 Å². The van der Waals surface area contributed by atoms with Crippen molar-refractivity contribution in [2.75, 3.05) is 65.4 Å². The van der Waals surface area contributed by atoms with Gasteiger partial charge in [0, 0.05) is 72.0 Å². The van der Waals surface area contributed by atoms with Crippen molar-refractivity contribution in [2.24, 2.45) is 0 Å². The van der Waals surface area contributed by atoms with Crippen molar-refractivity contribution in [1.82, 2.24) is 26.2 Å². The van der Waals surface area contributed by atoms with Crippen LogP contribution in [0.15, 0.2) is 54.6 Å². The van der Waals surface area contributed by atoms with Crippen LogP contribution in [-0.2, 0) is 6.54 Å². The second-order valence-corrected chi connectivity index (χ2v) is 8.07. The molecule has 0 bridgehead atoms. The second kappa shape index (κ2) is 11.4. The lowest BCUT2D eigenvalue weighted by Crippen LogP contribution is -2.43. The van der Waals surface area contributed by atoms with Crippen LogP contribution in [0.4, 0.5) is 0 Å². The van der Waals surface area contributed by atoms with E-state index in [0.29, 0.717) is 0 Å². The molecule has 5 nitrogen and oxygen atoms in total. The summed E-state index contributed by atoms with van der Waals surface area (Å²) >= 11 is 0. The van der Waals surface area contributed by atoms with Gasteiger partial charge in [-0.15, -0.1) is 0 Å². The Morgan fingerprint density at radius 3 is 1.83 bits per heavy atom. The topological polar surface area (TPSA) is 51.4 Å². The molecule has 0 atom stereocenters. The summed E-state index contributed by atoms with van der Waals surface area (Å²) in [6, 6.07) is 19.8. The van der Waals surface area contributed by atoms with E-state index in [2.05, 4.69) is 80.8 Å². The zero-order valence-corrected chi connectivity index (χ0v) is 17.9. The third-order valence-electron chi connectivity index (χ3n) is 5.96. The third kappa shape index (κ3) is 5.78. The predicted molar refractivity (Wildman–Crippen MR) is 128 cm³/mol. The summed E-state index contributed by atoms with van der Waals surface area (Å²) in [5.41, 5.74) is 1.41. The minimum atomic E-state index is 0.901. The highest BCUT2D eigenvalue weighted by Gasteiger charge is 2.08. The third-order valence-corrected chi connectivity index (χ3v) is 5.96. The van der Waals surface area contributed by atoms with Gasteiger partial charge in [-0.2, -0.15) is 0 Å². The largest absolute Gasteiger partial charge is 0.314 e. The van der Waals surface area contributed by atoms with Gasteiger partial charge in [0.15, 0.2) is 0 Å². The van der Waals surface area contributed by atoms with E-state index >= 15 is 0 Å². The molecule has 1 aliphatic rings. The number of benzene rings is 3. The van der Waals surface area contributed by atoms with Crippen molar-refractivity contribution in [2.45, 2.75) is 6.54 Å². The molecule has 0 unspecified atom stereocenters. The first-order valence-corrected chi connectivity index (χ1v) is 11.4. The first-order chi connectivity index (χ1) is 14.9. The Bertz CT molecular complexity index is 860. The molecule has 3 aromatic carbocycles. The Labute approximate surface area is 180 Å². The fraction of sp³-hybridized carbons (Fsp3) is 0.440. The summed E-state index contributed by atoms with van der Waals surface area (Å²) in [6.45, 7) is 11.4. The number of hydrogen-bond donors (Lipinski definition) is 4. The molecule has 3 aromatic rings. The van der Waals surface area contributed by atoms with Gasteiger partial charge in [-0.25, -0.2) is 0 Å². The summed E-state index contributed by atoms with van der Waals surface area (Å²) in [4.78, 5) is 2.56. The number of rotatable bonds is 5. The Kier molecular flexibility index (Phi) is 8.06. The van der Waals surface area contributed by atoms with Crippen LogP contribution in [0.2, 0.25) is 0 Å². The Morgan fingerprint density at radius 2 is 1.23 bits per heavy atom. The van der Waals surface area contributed by atoms with Gasteiger partial charge < -0.3 is 21.3 Å². The van der Waals surface area contributed by atoms with Gasteiger partial charge in [0.25, 0.3) is 0 Å². The van der Waals surface area contributed by atoms with Crippen LogP contribution in [0.1, 0.15) is 5.56 Å². The van der Waals surface area contributed by atoms with E-state index in [-0.39, 0.29) is 0 Å². The number of nitrogens with one attached hydrogen (secondary N) is 4. The van der Waals surface area contributed by atoms with Gasteiger partial charge in [-0.05, 0) is 33.2 Å². The zero-order valence-electron chi connectivity index (χ0n) is 17.9. The lowest BCUT2D eigenvalue weighted by molar-refractivity contribution is 0.270. The molecule has 1 aliphatic heterocycles. The lowest BCUT2D eigenvalue weighted by Gasteiger charge is -2.24. The standard InChI is InChI=1S/C25H35N5/c1-3-7-23-21(5-1)19-22-6-2-4-8-24(22)25(23)20-29-15-18-30-16-13-27-11-9-26-10-12-28-14-17-30/h1-8,19,26-29H,9-18,20H2. The molecule has 30 heavy (non-hydrogen) atoms. The second-order valence-electron chi connectivity index (χ2n) is 8.07. The smallest absolute Gasteiger partial charge is 0.0218 e. The van der Waals surface area contributed by atoms with Gasteiger partial charge in [-0.1, -0.05) is 48.5 Å². The van der Waals surface area contributed by atoms with Crippen LogP contribution in [0.3, 0.4) is 0 Å². The van der Waals surface area contributed by atoms with E-state index in [0.717, 1.165) is 72.0 Å². The molecule has 4 rings (SSSR count). The van der Waals surface area contributed by atoms with Gasteiger partial charge in [0.05, 0.1) is 0 Å². The van der Waals surface area contributed by atoms with Crippen molar-refractivity contribution in [3.63, 3.8) is 0 Å². The van der Waals surface area contributed by atoms with Crippen LogP contribution < -0.4 is 21.3 Å². The fourth-order valence-corrected chi connectivity index (χ4v) is 4.29. The molecular weight excluding hydrogens is 370 g/mol. The van der Waals surface area contributed by atoms with Gasteiger partial charge >= 0.3 is 0 Å². The maximum atomic E-state index is 3.73. The molecule has 0 saturated carbocycles. The van der Waals surface area contributed by atoms with Gasteiger partial charge in [0.1, 0.15) is 0 Å². The summed E-state index contributed by atoms with van der Waals surface area (Å²) in [6.07, 6.45) is 0. The number of fused-ring (bicyclic) bond motifs is 2. The summed E-state index contributed by atoms with van der Waals surface area (Å²) in [7, 11) is 0. The molecule has 0 aliphatic carbocycles. The molecule has 4 N–H and O–H groups in total. The average molecular weight is 406 g/mol. The highest BCUT2D eigenvalue weighted by molar-refractivity contribution is 6.02. The highest BCUT2D eigenvalue weighted by atomic mass is 15.2. The molecule has 0 aromatic heterocycles. The monoisotopic (exact) mass is 405 g/mol. The van der Waals surface area contributed by atoms with Crippen LogP contribution in [-0.4, -0.2) is 70.3 Å². The highest BCUT2D eigenvalue weighted by Crippen LogP contribution is 2.28. The molecule has 1 heterocycles. The Balaban J connectivity index is 1.36. The first-order valence-electron chi connectivity index (χ1n) is 11.4. The minimum absolute atomic E-state index is 0.901. The molecular formula is C25H35N5. The maximum absolute atomic E-state index is 3.73. The zero-order chi connectivity index (χ0) is 20.4. The Morgan fingerprint density at radius 1 is 0.700 bits per heavy atom. The van der Waals surface area contributed by atoms with Crippen molar-refractivity contribution >= 4 is 21.5 Å². The molecule has 0 amide bonds. The first kappa shape index (κ1) is 21.2. The molecule has 1 fully saturated rings. The summed E-state index contributed by atoms with van der Waals surface area (Å²) in [5.74, 6) is 0. The van der Waals surface area contributed by atoms with E-state index in [9.17, 15) is 0 Å². The van der Waals surface area contributed by atoms with E-state index < -0.39 is 0 Å².